The molecule has 12 rings (SSSR count). The van der Waals surface area contributed by atoms with Gasteiger partial charge in [-0.05, 0) is 144 Å². The lowest BCUT2D eigenvalue weighted by atomic mass is 9.84. The van der Waals surface area contributed by atoms with Gasteiger partial charge in [0, 0.05) is 0 Å². The van der Waals surface area contributed by atoms with Crippen molar-refractivity contribution in [2.45, 2.75) is 0 Å². The molecule has 58 heavy (non-hydrogen) atoms. The van der Waals surface area contributed by atoms with Crippen molar-refractivity contribution in [2.75, 3.05) is 0 Å². The van der Waals surface area contributed by atoms with Gasteiger partial charge in [0.1, 0.15) is 0 Å². The van der Waals surface area contributed by atoms with E-state index in [1.807, 2.05) is 0 Å². The maximum Gasteiger partial charge on any atom is -0.00261 e. The Labute approximate surface area is 336 Å². The maximum absolute atomic E-state index is 2.44. The predicted molar refractivity (Wildman–Crippen MR) is 251 cm³/mol. The van der Waals surface area contributed by atoms with Crippen LogP contribution in [0.4, 0.5) is 0 Å². The van der Waals surface area contributed by atoms with Gasteiger partial charge in [0.05, 0.1) is 0 Å². The Kier molecular flexibility index (Phi) is 7.33. The molecule has 0 unspecified atom stereocenters. The first-order valence-electron chi connectivity index (χ1n) is 20.2. The van der Waals surface area contributed by atoms with Crippen LogP contribution >= 0.6 is 0 Å². The Balaban J connectivity index is 1.03. The van der Waals surface area contributed by atoms with E-state index in [2.05, 4.69) is 218 Å². The molecule has 0 N–H and O–H groups in total. The number of rotatable bonds is 4. The van der Waals surface area contributed by atoms with Gasteiger partial charge in [-0.15, -0.1) is 0 Å². The minimum Gasteiger partial charge on any atom is -0.0616 e. The van der Waals surface area contributed by atoms with Gasteiger partial charge in [0.2, 0.25) is 0 Å². The van der Waals surface area contributed by atoms with Crippen molar-refractivity contribution >= 4 is 75.4 Å². The topological polar surface area (TPSA) is 0 Å². The fourth-order valence-electron chi connectivity index (χ4n) is 9.74. The normalized spacial score (nSPS) is 11.8. The van der Waals surface area contributed by atoms with Crippen LogP contribution in [0.3, 0.4) is 0 Å². The van der Waals surface area contributed by atoms with Crippen molar-refractivity contribution in [3.8, 4) is 44.5 Å². The van der Waals surface area contributed by atoms with Gasteiger partial charge in [0.25, 0.3) is 0 Å². The molecule has 0 saturated carbocycles. The second kappa shape index (κ2) is 13.0. The monoisotopic (exact) mass is 732 g/mol. The van der Waals surface area contributed by atoms with Gasteiger partial charge in [-0.25, -0.2) is 0 Å². The molecule has 0 radical (unpaired) electrons. The molecule has 0 heterocycles. The van der Waals surface area contributed by atoms with E-state index >= 15 is 0 Å². The van der Waals surface area contributed by atoms with Crippen molar-refractivity contribution in [1.82, 2.24) is 0 Å². The molecule has 0 atom stereocenters. The van der Waals surface area contributed by atoms with Gasteiger partial charge < -0.3 is 0 Å². The molecule has 0 saturated heterocycles. The summed E-state index contributed by atoms with van der Waals surface area (Å²) in [6, 6.07) is 80.9. The van der Waals surface area contributed by atoms with Gasteiger partial charge in [-0.1, -0.05) is 194 Å². The molecule has 0 aliphatic heterocycles. The van der Waals surface area contributed by atoms with Gasteiger partial charge in [-0.2, -0.15) is 0 Å². The van der Waals surface area contributed by atoms with Gasteiger partial charge in [0.15, 0.2) is 0 Å². The van der Waals surface area contributed by atoms with E-state index in [0.717, 1.165) is 0 Å². The van der Waals surface area contributed by atoms with Crippen LogP contribution in [0.2, 0.25) is 0 Å². The molecule has 0 fully saturated rings. The van der Waals surface area contributed by atoms with Crippen molar-refractivity contribution in [1.29, 1.82) is 0 Å². The average molecular weight is 733 g/mol. The third kappa shape index (κ3) is 5.09. The first-order valence-corrected chi connectivity index (χ1v) is 20.2. The van der Waals surface area contributed by atoms with Crippen LogP contribution < -0.4 is 0 Å². The molecular weight excluding hydrogens is 697 g/mol. The van der Waals surface area contributed by atoms with Crippen LogP contribution in [0.15, 0.2) is 218 Å². The SMILES string of the molecule is c1cc(-c2ccc3ccc(-c4c5ccccc5c(-c5ccc6c7ccccc7c7ccccc7c6c5)c5ccccc45)cc3c2)cc(-c2cccc3ccccc23)c1. The lowest BCUT2D eigenvalue weighted by Gasteiger charge is -2.19. The zero-order chi connectivity index (χ0) is 38.2. The van der Waals surface area contributed by atoms with Crippen LogP contribution in [0.25, 0.3) is 120 Å². The van der Waals surface area contributed by atoms with Gasteiger partial charge >= 0.3 is 0 Å². The molecule has 0 nitrogen and oxygen atoms in total. The van der Waals surface area contributed by atoms with E-state index in [0.29, 0.717) is 0 Å². The van der Waals surface area contributed by atoms with E-state index in [-0.39, 0.29) is 0 Å². The summed E-state index contributed by atoms with van der Waals surface area (Å²) in [4.78, 5) is 0. The maximum atomic E-state index is 2.44. The van der Waals surface area contributed by atoms with E-state index < -0.39 is 0 Å². The molecule has 0 amide bonds. The highest BCUT2D eigenvalue weighted by Gasteiger charge is 2.18. The predicted octanol–water partition coefficient (Wildman–Crippen LogP) is 16.4. The van der Waals surface area contributed by atoms with E-state index in [1.54, 1.807) is 0 Å². The Morgan fingerprint density at radius 3 is 1.22 bits per heavy atom. The van der Waals surface area contributed by atoms with Crippen LogP contribution in [0, 0.1) is 0 Å². The summed E-state index contributed by atoms with van der Waals surface area (Å²) in [5, 5.41) is 17.8. The minimum atomic E-state index is 1.22. The quantitative estimate of drug-likeness (QED) is 0.125. The summed E-state index contributed by atoms with van der Waals surface area (Å²) in [5.41, 5.74) is 9.94. The Hall–Kier alpha value is -7.54. The summed E-state index contributed by atoms with van der Waals surface area (Å²) < 4.78 is 0. The van der Waals surface area contributed by atoms with E-state index in [9.17, 15) is 0 Å². The summed E-state index contributed by atoms with van der Waals surface area (Å²) in [6.45, 7) is 0. The number of hydrogen-bond donors (Lipinski definition) is 0. The molecule has 0 aliphatic rings. The fourth-order valence-corrected chi connectivity index (χ4v) is 9.74. The summed E-state index contributed by atoms with van der Waals surface area (Å²) >= 11 is 0. The smallest absolute Gasteiger partial charge is 0.00261 e. The highest BCUT2D eigenvalue weighted by atomic mass is 14.2. The third-order valence-electron chi connectivity index (χ3n) is 12.4. The Morgan fingerprint density at radius 1 is 0.172 bits per heavy atom. The van der Waals surface area contributed by atoms with Crippen LogP contribution in [-0.2, 0) is 0 Å². The largest absolute Gasteiger partial charge is 0.0616 e. The minimum absolute atomic E-state index is 1.22. The summed E-state index contributed by atoms with van der Waals surface area (Å²) in [5.74, 6) is 0. The molecule has 0 bridgehead atoms. The number of hydrogen-bond acceptors (Lipinski definition) is 0. The van der Waals surface area contributed by atoms with E-state index in [1.165, 1.54) is 120 Å². The highest BCUT2D eigenvalue weighted by Crippen LogP contribution is 2.46. The first kappa shape index (κ1) is 32.7. The van der Waals surface area contributed by atoms with Crippen molar-refractivity contribution < 1.29 is 0 Å². The van der Waals surface area contributed by atoms with Crippen molar-refractivity contribution in [3.63, 3.8) is 0 Å². The van der Waals surface area contributed by atoms with Crippen LogP contribution in [0.5, 0.6) is 0 Å². The molecule has 0 spiro atoms. The lowest BCUT2D eigenvalue weighted by molar-refractivity contribution is 1.62. The van der Waals surface area contributed by atoms with Crippen LogP contribution in [0.1, 0.15) is 0 Å². The second-order valence-corrected chi connectivity index (χ2v) is 15.6. The average Bonchev–Trinajstić information content (AvgIpc) is 3.30. The number of benzene rings is 12. The highest BCUT2D eigenvalue weighted by molar-refractivity contribution is 6.27. The molecule has 0 aromatic heterocycles. The van der Waals surface area contributed by atoms with Gasteiger partial charge in [-0.3, -0.25) is 0 Å². The summed E-state index contributed by atoms with van der Waals surface area (Å²) in [7, 11) is 0. The molecule has 268 valence electrons. The molecular formula is C58H36. The Morgan fingerprint density at radius 2 is 0.586 bits per heavy atom. The first-order chi connectivity index (χ1) is 28.8. The Bertz CT molecular complexity index is 3530. The lowest BCUT2D eigenvalue weighted by Crippen LogP contribution is -1.91. The van der Waals surface area contributed by atoms with E-state index in [4.69, 9.17) is 0 Å². The second-order valence-electron chi connectivity index (χ2n) is 15.6. The molecule has 0 heteroatoms. The fraction of sp³-hybridized carbons (Fsp3) is 0. The number of fused-ring (bicyclic) bond motifs is 10. The molecule has 0 aliphatic carbocycles. The standard InChI is InChI=1S/C58H36/c1-2-17-45-38(13-1)14-12-26-46(45)41-16-11-15-39(33-41)40-29-27-37-28-30-42(35-44(37)34-40)57-52-22-7-9-24-54(52)58(55-25-10-8-23-53(55)57)43-31-32-51-49-20-4-3-18-47(49)48-19-5-6-21-50(48)56(51)36-43/h1-36H. The zero-order valence-corrected chi connectivity index (χ0v) is 31.8. The van der Waals surface area contributed by atoms with Crippen molar-refractivity contribution in [3.05, 3.63) is 218 Å². The van der Waals surface area contributed by atoms with Crippen molar-refractivity contribution in [2.24, 2.45) is 0 Å². The molecule has 12 aromatic rings. The van der Waals surface area contributed by atoms with Crippen LogP contribution in [-0.4, -0.2) is 0 Å². The zero-order valence-electron chi connectivity index (χ0n) is 31.8. The summed E-state index contributed by atoms with van der Waals surface area (Å²) in [6.07, 6.45) is 0. The molecule has 12 aromatic carbocycles. The third-order valence-corrected chi connectivity index (χ3v) is 12.4.